The number of benzene rings is 1. The van der Waals surface area contributed by atoms with Gasteiger partial charge in [-0.25, -0.2) is 4.79 Å². The smallest absolute Gasteiger partial charge is 0.339 e. The highest BCUT2D eigenvalue weighted by atomic mass is 16.6. The second-order valence-electron chi connectivity index (χ2n) is 4.16. The highest BCUT2D eigenvalue weighted by Gasteiger charge is 2.19. The summed E-state index contributed by atoms with van der Waals surface area (Å²) in [6.45, 7) is 5.37. The zero-order valence-corrected chi connectivity index (χ0v) is 9.07. The molecule has 0 saturated carbocycles. The Balaban J connectivity index is 2.98. The molecule has 0 fully saturated rings. The van der Waals surface area contributed by atoms with Crippen LogP contribution in [-0.4, -0.2) is 11.6 Å². The minimum atomic E-state index is -0.542. The lowest BCUT2D eigenvalue weighted by atomic mass is 10.1. The third-order valence-corrected chi connectivity index (χ3v) is 1.67. The Morgan fingerprint density at radius 3 is 2.47 bits per heavy atom. The standard InChI is InChI=1S/C12H13NO2/c1-12(2,3)15-11(14)10-7-5-4-6-9(10)8-13/h4-7H,1-3H3. The summed E-state index contributed by atoms with van der Waals surface area (Å²) in [5.74, 6) is -0.459. The minimum Gasteiger partial charge on any atom is -0.456 e. The topological polar surface area (TPSA) is 50.1 Å². The number of rotatable bonds is 1. The fourth-order valence-corrected chi connectivity index (χ4v) is 1.09. The molecular weight excluding hydrogens is 190 g/mol. The Hall–Kier alpha value is -1.82. The zero-order chi connectivity index (χ0) is 11.5. The molecule has 15 heavy (non-hydrogen) atoms. The molecule has 0 aliphatic carbocycles. The maximum Gasteiger partial charge on any atom is 0.339 e. The van der Waals surface area contributed by atoms with Crippen LogP contribution in [0, 0.1) is 11.3 Å². The van der Waals surface area contributed by atoms with Crippen LogP contribution in [0.5, 0.6) is 0 Å². The SMILES string of the molecule is CC(C)(C)OC(=O)c1ccccc1C#N. The first kappa shape index (κ1) is 11.3. The summed E-state index contributed by atoms with van der Waals surface area (Å²) in [6, 6.07) is 8.57. The molecule has 78 valence electrons. The van der Waals surface area contributed by atoms with Gasteiger partial charge in [0.05, 0.1) is 11.1 Å². The predicted molar refractivity (Wildman–Crippen MR) is 56.3 cm³/mol. The van der Waals surface area contributed by atoms with Gasteiger partial charge in [-0.05, 0) is 32.9 Å². The van der Waals surface area contributed by atoms with E-state index in [-0.39, 0.29) is 0 Å². The molecule has 0 spiro atoms. The van der Waals surface area contributed by atoms with Gasteiger partial charge in [-0.3, -0.25) is 0 Å². The number of hydrogen-bond acceptors (Lipinski definition) is 3. The van der Waals surface area contributed by atoms with Crippen LogP contribution in [0.4, 0.5) is 0 Å². The van der Waals surface area contributed by atoms with E-state index in [4.69, 9.17) is 10.00 Å². The van der Waals surface area contributed by atoms with E-state index in [0.29, 0.717) is 11.1 Å². The van der Waals surface area contributed by atoms with Crippen LogP contribution in [0.3, 0.4) is 0 Å². The summed E-state index contributed by atoms with van der Waals surface area (Å²) in [5.41, 5.74) is 0.112. The molecule has 0 N–H and O–H groups in total. The van der Waals surface area contributed by atoms with Gasteiger partial charge in [-0.2, -0.15) is 5.26 Å². The number of nitriles is 1. The van der Waals surface area contributed by atoms with Gasteiger partial charge in [-0.1, -0.05) is 12.1 Å². The first-order valence-electron chi connectivity index (χ1n) is 4.66. The van der Waals surface area contributed by atoms with Crippen LogP contribution in [0.2, 0.25) is 0 Å². The van der Waals surface area contributed by atoms with E-state index >= 15 is 0 Å². The Morgan fingerprint density at radius 1 is 1.33 bits per heavy atom. The molecule has 1 aromatic rings. The van der Waals surface area contributed by atoms with Crippen molar-refractivity contribution in [3.05, 3.63) is 35.4 Å². The van der Waals surface area contributed by atoms with Gasteiger partial charge in [0, 0.05) is 0 Å². The molecule has 0 radical (unpaired) electrons. The Kier molecular flexibility index (Phi) is 3.11. The number of hydrogen-bond donors (Lipinski definition) is 0. The predicted octanol–water partition coefficient (Wildman–Crippen LogP) is 2.51. The molecule has 0 saturated heterocycles. The van der Waals surface area contributed by atoms with Crippen molar-refractivity contribution < 1.29 is 9.53 Å². The van der Waals surface area contributed by atoms with E-state index in [1.807, 2.05) is 6.07 Å². The zero-order valence-electron chi connectivity index (χ0n) is 9.07. The molecular formula is C12H13NO2. The van der Waals surface area contributed by atoms with Crippen LogP contribution < -0.4 is 0 Å². The number of esters is 1. The third kappa shape index (κ3) is 3.10. The van der Waals surface area contributed by atoms with Crippen LogP contribution in [-0.2, 0) is 4.74 Å². The second-order valence-corrected chi connectivity index (χ2v) is 4.16. The summed E-state index contributed by atoms with van der Waals surface area (Å²) in [5, 5.41) is 8.81. The lowest BCUT2D eigenvalue weighted by Gasteiger charge is -2.19. The fourth-order valence-electron chi connectivity index (χ4n) is 1.09. The monoisotopic (exact) mass is 203 g/mol. The molecule has 0 aromatic heterocycles. The van der Waals surface area contributed by atoms with Gasteiger partial charge in [0.2, 0.25) is 0 Å². The van der Waals surface area contributed by atoms with E-state index in [2.05, 4.69) is 0 Å². The van der Waals surface area contributed by atoms with Crippen molar-refractivity contribution in [1.82, 2.24) is 0 Å². The van der Waals surface area contributed by atoms with Crippen LogP contribution in [0.15, 0.2) is 24.3 Å². The van der Waals surface area contributed by atoms with Crippen LogP contribution >= 0.6 is 0 Å². The number of carbonyl (C=O) groups excluding carboxylic acids is 1. The summed E-state index contributed by atoms with van der Waals surface area (Å²) in [4.78, 5) is 11.7. The molecule has 0 unspecified atom stereocenters. The average Bonchev–Trinajstić information content (AvgIpc) is 2.15. The highest BCUT2D eigenvalue weighted by Crippen LogP contribution is 2.14. The van der Waals surface area contributed by atoms with Crippen molar-refractivity contribution in [2.24, 2.45) is 0 Å². The van der Waals surface area contributed by atoms with Crippen molar-refractivity contribution in [3.8, 4) is 6.07 Å². The molecule has 0 aliphatic heterocycles. The minimum absolute atomic E-state index is 0.315. The summed E-state index contributed by atoms with van der Waals surface area (Å²) in [6.07, 6.45) is 0. The molecule has 0 amide bonds. The summed E-state index contributed by atoms with van der Waals surface area (Å²) in [7, 11) is 0. The van der Waals surface area contributed by atoms with Gasteiger partial charge in [0.25, 0.3) is 0 Å². The fraction of sp³-hybridized carbons (Fsp3) is 0.333. The van der Waals surface area contributed by atoms with Gasteiger partial charge in [0.15, 0.2) is 0 Å². The van der Waals surface area contributed by atoms with Crippen molar-refractivity contribution in [2.45, 2.75) is 26.4 Å². The van der Waals surface area contributed by atoms with E-state index in [0.717, 1.165) is 0 Å². The molecule has 0 bridgehead atoms. The molecule has 0 aliphatic rings. The van der Waals surface area contributed by atoms with Gasteiger partial charge in [-0.15, -0.1) is 0 Å². The number of nitrogens with zero attached hydrogens (tertiary/aromatic N) is 1. The lowest BCUT2D eigenvalue weighted by Crippen LogP contribution is -2.24. The van der Waals surface area contributed by atoms with E-state index in [1.165, 1.54) is 0 Å². The Bertz CT molecular complexity index is 410. The molecule has 1 aromatic carbocycles. The summed E-state index contributed by atoms with van der Waals surface area (Å²) >= 11 is 0. The quantitative estimate of drug-likeness (QED) is 0.659. The highest BCUT2D eigenvalue weighted by molar-refractivity contribution is 5.92. The Morgan fingerprint density at radius 2 is 1.93 bits per heavy atom. The molecule has 0 atom stereocenters. The Labute approximate surface area is 89.3 Å². The van der Waals surface area contributed by atoms with E-state index < -0.39 is 11.6 Å². The largest absolute Gasteiger partial charge is 0.456 e. The molecule has 3 heteroatoms. The first-order valence-corrected chi connectivity index (χ1v) is 4.66. The normalized spacial score (nSPS) is 10.5. The number of ether oxygens (including phenoxy) is 1. The van der Waals surface area contributed by atoms with Gasteiger partial charge < -0.3 is 4.74 Å². The maximum absolute atomic E-state index is 11.7. The average molecular weight is 203 g/mol. The van der Waals surface area contributed by atoms with Crippen LogP contribution in [0.1, 0.15) is 36.7 Å². The van der Waals surface area contributed by atoms with Gasteiger partial charge in [0.1, 0.15) is 11.7 Å². The molecule has 1 rings (SSSR count). The third-order valence-electron chi connectivity index (χ3n) is 1.67. The first-order chi connectivity index (χ1) is 6.94. The van der Waals surface area contributed by atoms with E-state index in [9.17, 15) is 4.79 Å². The van der Waals surface area contributed by atoms with Crippen molar-refractivity contribution in [3.63, 3.8) is 0 Å². The molecule has 0 heterocycles. The van der Waals surface area contributed by atoms with Crippen LogP contribution in [0.25, 0.3) is 0 Å². The molecule has 3 nitrogen and oxygen atoms in total. The number of carbonyl (C=O) groups is 1. The summed E-state index contributed by atoms with van der Waals surface area (Å²) < 4.78 is 5.18. The maximum atomic E-state index is 11.7. The van der Waals surface area contributed by atoms with E-state index in [1.54, 1.807) is 45.0 Å². The van der Waals surface area contributed by atoms with Crippen molar-refractivity contribution in [1.29, 1.82) is 5.26 Å². The van der Waals surface area contributed by atoms with Gasteiger partial charge >= 0.3 is 5.97 Å². The van der Waals surface area contributed by atoms with Crippen molar-refractivity contribution in [2.75, 3.05) is 0 Å². The van der Waals surface area contributed by atoms with Crippen molar-refractivity contribution >= 4 is 5.97 Å². The second kappa shape index (κ2) is 4.14. The lowest BCUT2D eigenvalue weighted by molar-refractivity contribution is 0.00692.